The van der Waals surface area contributed by atoms with Gasteiger partial charge in [-0.2, -0.15) is 4.98 Å². The average molecular weight is 578 g/mol. The van der Waals surface area contributed by atoms with Crippen molar-refractivity contribution in [3.8, 4) is 39.7 Å². The van der Waals surface area contributed by atoms with Crippen molar-refractivity contribution in [3.63, 3.8) is 0 Å². The molecule has 11 nitrogen and oxygen atoms in total. The summed E-state index contributed by atoms with van der Waals surface area (Å²) in [4.78, 5) is 17.1. The maximum atomic E-state index is 13.8. The van der Waals surface area contributed by atoms with E-state index in [2.05, 4.69) is 35.5 Å². The van der Waals surface area contributed by atoms with Crippen LogP contribution in [0.15, 0.2) is 48.5 Å². The summed E-state index contributed by atoms with van der Waals surface area (Å²) in [6.07, 6.45) is -2.83. The molecule has 0 saturated carbocycles. The molecule has 0 amide bonds. The number of nitrogens with two attached hydrogens (primary N) is 1. The first-order valence-electron chi connectivity index (χ1n) is 12.7. The number of benzene rings is 1. The van der Waals surface area contributed by atoms with Crippen LogP contribution in [0.2, 0.25) is 0 Å². The molecule has 0 saturated heterocycles. The second-order valence-electron chi connectivity index (χ2n) is 10.0. The van der Waals surface area contributed by atoms with Gasteiger partial charge in [-0.15, -0.1) is 5.10 Å². The Bertz CT molecular complexity index is 1750. The molecule has 0 spiro atoms. The van der Waals surface area contributed by atoms with Crippen LogP contribution in [0.4, 0.5) is 19.1 Å². The van der Waals surface area contributed by atoms with Gasteiger partial charge in [0.1, 0.15) is 23.7 Å². The molecule has 0 aliphatic rings. The number of ether oxygens (including phenoxy) is 1. The van der Waals surface area contributed by atoms with Gasteiger partial charge in [0.05, 0.1) is 22.6 Å². The van der Waals surface area contributed by atoms with Gasteiger partial charge in [-0.3, -0.25) is 9.97 Å². The minimum Gasteiger partial charge on any atom is -0.471 e. The molecule has 1 aromatic carbocycles. The molecule has 42 heavy (non-hydrogen) atoms. The molecular formula is C28H26F3N9O2. The van der Waals surface area contributed by atoms with Crippen LogP contribution in [-0.2, 0) is 19.3 Å². The van der Waals surface area contributed by atoms with E-state index < -0.39 is 23.5 Å². The minimum atomic E-state index is -2.83. The van der Waals surface area contributed by atoms with E-state index in [1.54, 1.807) is 46.0 Å². The lowest BCUT2D eigenvalue weighted by Gasteiger charge is -2.19. The van der Waals surface area contributed by atoms with Gasteiger partial charge >= 0.3 is 0 Å². The van der Waals surface area contributed by atoms with E-state index in [4.69, 9.17) is 10.5 Å². The topological polar surface area (TPSA) is 151 Å². The lowest BCUT2D eigenvalue weighted by Crippen LogP contribution is -2.19. The fourth-order valence-corrected chi connectivity index (χ4v) is 4.31. The number of aromatic nitrogens is 8. The number of hydrogen-bond acceptors (Lipinski definition) is 10. The Balaban J connectivity index is 1.65. The van der Waals surface area contributed by atoms with Gasteiger partial charge in [-0.1, -0.05) is 0 Å². The zero-order chi connectivity index (χ0) is 30.2. The molecule has 0 bridgehead atoms. The molecule has 5 aromatic rings. The number of aliphatic hydroxyl groups is 1. The summed E-state index contributed by atoms with van der Waals surface area (Å²) in [5.74, 6) is -0.214. The van der Waals surface area contributed by atoms with E-state index in [0.29, 0.717) is 39.6 Å². The van der Waals surface area contributed by atoms with Gasteiger partial charge in [0.25, 0.3) is 6.43 Å². The molecule has 0 unspecified atom stereocenters. The van der Waals surface area contributed by atoms with Crippen molar-refractivity contribution in [1.82, 2.24) is 40.1 Å². The highest BCUT2D eigenvalue weighted by Gasteiger charge is 2.24. The zero-order valence-electron chi connectivity index (χ0n) is 23.0. The predicted octanol–water partition coefficient (Wildman–Crippen LogP) is 4.56. The fraction of sp³-hybridized carbons (Fsp3) is 0.250. The van der Waals surface area contributed by atoms with Crippen molar-refractivity contribution in [2.45, 2.75) is 39.4 Å². The minimum absolute atomic E-state index is 0.0232. The van der Waals surface area contributed by atoms with Crippen LogP contribution in [-0.4, -0.2) is 45.2 Å². The Kier molecular flexibility index (Phi) is 7.56. The molecule has 0 atom stereocenters. The average Bonchev–Trinajstić information content (AvgIpc) is 3.36. The van der Waals surface area contributed by atoms with E-state index in [0.717, 1.165) is 0 Å². The van der Waals surface area contributed by atoms with Gasteiger partial charge in [0.15, 0.2) is 5.82 Å². The first kappa shape index (κ1) is 28.5. The van der Waals surface area contributed by atoms with Crippen LogP contribution in [0.3, 0.4) is 0 Å². The molecule has 0 aliphatic carbocycles. The van der Waals surface area contributed by atoms with Gasteiger partial charge < -0.3 is 15.6 Å². The first-order valence-corrected chi connectivity index (χ1v) is 12.7. The molecule has 0 radical (unpaired) electrons. The van der Waals surface area contributed by atoms with Gasteiger partial charge in [0.2, 0.25) is 11.8 Å². The smallest absolute Gasteiger partial charge is 0.280 e. The van der Waals surface area contributed by atoms with E-state index in [9.17, 15) is 18.3 Å². The maximum Gasteiger partial charge on any atom is 0.280 e. The standard InChI is InChI=1S/C28H26F3N9O2/c1-14-9-16(11-20(33-14)24(30)31)22-23(15-5-7-18(29)8-6-15)35-27(32)36-26(22)42-13-19-10-17(25-37-38-39-40(25)4)12-21(34-19)28(2,3)41/h5-12,24,41H,13H2,1-4H3,(H2,32,35,36). The molecule has 0 fully saturated rings. The second-order valence-corrected chi connectivity index (χ2v) is 10.0. The normalized spacial score (nSPS) is 11.7. The second kappa shape index (κ2) is 11.1. The van der Waals surface area contributed by atoms with E-state index >= 15 is 0 Å². The highest BCUT2D eigenvalue weighted by atomic mass is 19.3. The van der Waals surface area contributed by atoms with Gasteiger partial charge in [-0.25, -0.2) is 22.8 Å². The Labute approximate surface area is 238 Å². The number of alkyl halides is 2. The molecule has 5 rings (SSSR count). The molecule has 14 heteroatoms. The lowest BCUT2D eigenvalue weighted by molar-refractivity contribution is 0.0734. The van der Waals surface area contributed by atoms with Crippen LogP contribution in [0, 0.1) is 12.7 Å². The first-order chi connectivity index (χ1) is 19.9. The largest absolute Gasteiger partial charge is 0.471 e. The summed E-state index contributed by atoms with van der Waals surface area (Å²) in [7, 11) is 1.67. The van der Waals surface area contributed by atoms with Gasteiger partial charge in [0, 0.05) is 23.9 Å². The lowest BCUT2D eigenvalue weighted by atomic mass is 9.99. The predicted molar refractivity (Wildman–Crippen MR) is 146 cm³/mol. The van der Waals surface area contributed by atoms with E-state index in [1.165, 1.54) is 35.0 Å². The number of anilines is 1. The van der Waals surface area contributed by atoms with Crippen molar-refractivity contribution in [2.24, 2.45) is 7.05 Å². The number of hydrogen-bond donors (Lipinski definition) is 2. The fourth-order valence-electron chi connectivity index (χ4n) is 4.31. The molecule has 4 aromatic heterocycles. The third-order valence-corrected chi connectivity index (χ3v) is 6.24. The molecular weight excluding hydrogens is 551 g/mol. The SMILES string of the molecule is Cc1cc(-c2c(OCc3cc(-c4nnnn4C)cc(C(C)(C)O)n3)nc(N)nc2-c2ccc(F)cc2)cc(C(F)F)n1. The summed E-state index contributed by atoms with van der Waals surface area (Å²) in [6.45, 7) is 4.59. The maximum absolute atomic E-state index is 13.8. The van der Waals surface area contributed by atoms with Crippen molar-refractivity contribution in [1.29, 1.82) is 0 Å². The number of halogens is 3. The summed E-state index contributed by atoms with van der Waals surface area (Å²) < 4.78 is 48.8. The van der Waals surface area contributed by atoms with Crippen molar-refractivity contribution < 1.29 is 23.0 Å². The molecule has 0 aliphatic heterocycles. The molecule has 216 valence electrons. The number of nitrogens with zero attached hydrogens (tertiary/aromatic N) is 8. The number of rotatable bonds is 8. The van der Waals surface area contributed by atoms with Crippen molar-refractivity contribution in [3.05, 3.63) is 77.1 Å². The summed E-state index contributed by atoms with van der Waals surface area (Å²) in [5, 5.41) is 22.3. The number of pyridine rings is 2. The Hall–Kier alpha value is -4.98. The summed E-state index contributed by atoms with van der Waals surface area (Å²) in [6, 6.07) is 11.6. The quantitative estimate of drug-likeness (QED) is 0.268. The highest BCUT2D eigenvalue weighted by molar-refractivity contribution is 5.85. The third-order valence-electron chi connectivity index (χ3n) is 6.24. The summed E-state index contributed by atoms with van der Waals surface area (Å²) >= 11 is 0. The Morgan fingerprint density at radius 2 is 1.71 bits per heavy atom. The van der Waals surface area contributed by atoms with Crippen LogP contribution in [0.25, 0.3) is 33.8 Å². The third kappa shape index (κ3) is 6.02. The van der Waals surface area contributed by atoms with E-state index in [1.807, 2.05) is 0 Å². The summed E-state index contributed by atoms with van der Waals surface area (Å²) in [5.41, 5.74) is 7.18. The van der Waals surface area contributed by atoms with Crippen molar-refractivity contribution in [2.75, 3.05) is 5.73 Å². The van der Waals surface area contributed by atoms with Gasteiger partial charge in [-0.05, 0) is 85.3 Å². The van der Waals surface area contributed by atoms with Crippen LogP contribution < -0.4 is 10.5 Å². The number of nitrogen functional groups attached to an aromatic ring is 1. The van der Waals surface area contributed by atoms with Crippen LogP contribution in [0.5, 0.6) is 5.88 Å². The number of tetrazole rings is 1. The highest BCUT2D eigenvalue weighted by Crippen LogP contribution is 2.39. The monoisotopic (exact) mass is 577 g/mol. The van der Waals surface area contributed by atoms with Crippen LogP contribution >= 0.6 is 0 Å². The molecule has 3 N–H and O–H groups in total. The molecule has 4 heterocycles. The Morgan fingerprint density at radius 3 is 2.36 bits per heavy atom. The Morgan fingerprint density at radius 1 is 0.976 bits per heavy atom. The van der Waals surface area contributed by atoms with E-state index in [-0.39, 0.29) is 29.7 Å². The zero-order valence-corrected chi connectivity index (χ0v) is 23.0. The number of aryl methyl sites for hydroxylation is 2. The van der Waals surface area contributed by atoms with Crippen LogP contribution in [0.1, 0.15) is 43.0 Å². The van der Waals surface area contributed by atoms with Crippen molar-refractivity contribution >= 4 is 5.95 Å².